The van der Waals surface area contributed by atoms with E-state index in [1.54, 1.807) is 0 Å². The molecule has 0 nitrogen and oxygen atoms in total. The van der Waals surface area contributed by atoms with Gasteiger partial charge in [-0.1, -0.05) is 19.7 Å². The summed E-state index contributed by atoms with van der Waals surface area (Å²) < 4.78 is 7.38. The van der Waals surface area contributed by atoms with E-state index < -0.39 is 0 Å². The van der Waals surface area contributed by atoms with Gasteiger partial charge in [-0.15, -0.1) is 0 Å². The van der Waals surface area contributed by atoms with E-state index in [-0.39, 0.29) is 12.2 Å². The van der Waals surface area contributed by atoms with Crippen LogP contribution in [0.4, 0.5) is 0 Å². The van der Waals surface area contributed by atoms with Gasteiger partial charge in [-0.2, -0.15) is 0 Å². The lowest BCUT2D eigenvalue weighted by atomic mass is 9.57. The molecule has 0 bridgehead atoms. The van der Waals surface area contributed by atoms with Gasteiger partial charge in [0.1, 0.15) is 0 Å². The summed E-state index contributed by atoms with van der Waals surface area (Å²) in [6.45, 7) is 4.09. The average molecular weight is 95.0 g/mol. The number of hydrogen-bond acceptors (Lipinski definition) is 0. The van der Waals surface area contributed by atoms with Gasteiger partial charge in [0.25, 0.3) is 0 Å². The Labute approximate surface area is 48.1 Å². The standard InChI is InChI=1S/C6H11B/c1-4-3-5(2)6(4)7/h4-6H,3H2,1-2H3/i3D. The molecule has 2 unspecified atom stereocenters. The van der Waals surface area contributed by atoms with Gasteiger partial charge < -0.3 is 0 Å². The van der Waals surface area contributed by atoms with Crippen molar-refractivity contribution in [2.45, 2.75) is 26.1 Å². The molecule has 0 aromatic rings. The Hall–Kier alpha value is 0.0649. The van der Waals surface area contributed by atoms with Crippen LogP contribution >= 0.6 is 0 Å². The molecule has 1 fully saturated rings. The third kappa shape index (κ3) is 0.688. The Morgan fingerprint density at radius 2 is 2.00 bits per heavy atom. The molecular formula is C6H11B. The van der Waals surface area contributed by atoms with Crippen molar-refractivity contribution in [1.82, 2.24) is 0 Å². The predicted molar refractivity (Wildman–Crippen MR) is 32.4 cm³/mol. The molecule has 1 heteroatoms. The molecule has 1 aliphatic carbocycles. The molecule has 2 radical (unpaired) electrons. The largest absolute Gasteiger partial charge is 0.0723 e. The van der Waals surface area contributed by atoms with Crippen LogP contribution in [0.25, 0.3) is 0 Å². The first-order valence-electron chi connectivity index (χ1n) is 3.40. The Morgan fingerprint density at radius 3 is 2.14 bits per heavy atom. The molecule has 1 aliphatic rings. The molecule has 0 amide bonds. The maximum Gasteiger partial charge on any atom is 0.0706 e. The minimum absolute atomic E-state index is 0.102. The second-order valence-corrected chi connectivity index (χ2v) is 2.49. The molecule has 0 spiro atoms. The molecule has 0 saturated heterocycles. The Balaban J connectivity index is 2.42. The van der Waals surface area contributed by atoms with Gasteiger partial charge in [0.05, 0.1) is 7.85 Å². The molecule has 0 heterocycles. The van der Waals surface area contributed by atoms with Gasteiger partial charge in [-0.3, -0.25) is 0 Å². The number of hydrogen-bond donors (Lipinski definition) is 0. The van der Waals surface area contributed by atoms with Crippen LogP contribution in [0.5, 0.6) is 0 Å². The van der Waals surface area contributed by atoms with E-state index in [9.17, 15) is 0 Å². The van der Waals surface area contributed by atoms with Crippen LogP contribution in [0.2, 0.25) is 5.82 Å². The van der Waals surface area contributed by atoms with Crippen molar-refractivity contribution in [1.29, 1.82) is 0 Å². The van der Waals surface area contributed by atoms with Gasteiger partial charge in [0.15, 0.2) is 0 Å². The molecule has 1 saturated carbocycles. The van der Waals surface area contributed by atoms with Crippen molar-refractivity contribution < 1.29 is 1.37 Å². The van der Waals surface area contributed by atoms with Crippen molar-refractivity contribution >= 4 is 7.85 Å². The van der Waals surface area contributed by atoms with Crippen LogP contribution in [-0.2, 0) is 0 Å². The van der Waals surface area contributed by atoms with Crippen molar-refractivity contribution in [2.75, 3.05) is 0 Å². The molecule has 0 aromatic carbocycles. The highest BCUT2D eigenvalue weighted by atomic mass is 14.3. The minimum atomic E-state index is 0.102. The summed E-state index contributed by atoms with van der Waals surface area (Å²) in [5.74, 6) is 1.13. The summed E-state index contributed by atoms with van der Waals surface area (Å²) >= 11 is 0. The van der Waals surface area contributed by atoms with E-state index in [0.717, 1.165) is 0 Å². The van der Waals surface area contributed by atoms with E-state index in [1.807, 2.05) is 13.8 Å². The van der Waals surface area contributed by atoms with Gasteiger partial charge in [-0.25, -0.2) is 0 Å². The normalized spacial score (nSPS) is 63.4. The van der Waals surface area contributed by atoms with Gasteiger partial charge in [0.2, 0.25) is 0 Å². The van der Waals surface area contributed by atoms with Gasteiger partial charge >= 0.3 is 0 Å². The first-order valence-corrected chi connectivity index (χ1v) is 2.82. The van der Waals surface area contributed by atoms with Crippen LogP contribution in [0.3, 0.4) is 0 Å². The van der Waals surface area contributed by atoms with E-state index in [2.05, 4.69) is 0 Å². The predicted octanol–water partition coefficient (Wildman–Crippen LogP) is 1.62. The van der Waals surface area contributed by atoms with Crippen LogP contribution in [0, 0.1) is 11.8 Å². The summed E-state index contributed by atoms with van der Waals surface area (Å²) in [7, 11) is 5.64. The smallest absolute Gasteiger partial charge is 0.0706 e. The molecule has 0 aliphatic heterocycles. The average Bonchev–Trinajstić information content (AvgIpc) is 1.83. The second kappa shape index (κ2) is 1.54. The van der Waals surface area contributed by atoms with E-state index in [4.69, 9.17) is 9.22 Å². The van der Waals surface area contributed by atoms with E-state index in [1.165, 1.54) is 0 Å². The summed E-state index contributed by atoms with van der Waals surface area (Å²) in [4.78, 5) is 0. The van der Waals surface area contributed by atoms with Crippen LogP contribution < -0.4 is 0 Å². The van der Waals surface area contributed by atoms with Gasteiger partial charge in [-0.05, 0) is 18.2 Å². The molecule has 2 atom stereocenters. The molecule has 0 N–H and O–H groups in total. The van der Waals surface area contributed by atoms with Crippen LogP contribution in [0.15, 0.2) is 0 Å². The zero-order valence-electron chi connectivity index (χ0n) is 5.89. The fourth-order valence-electron chi connectivity index (χ4n) is 1.07. The van der Waals surface area contributed by atoms with Crippen LogP contribution in [0.1, 0.15) is 21.6 Å². The lowest BCUT2D eigenvalue weighted by Gasteiger charge is -2.38. The van der Waals surface area contributed by atoms with Crippen molar-refractivity contribution in [3.63, 3.8) is 0 Å². The highest BCUT2D eigenvalue weighted by molar-refractivity contribution is 6.12. The van der Waals surface area contributed by atoms with E-state index in [0.29, 0.717) is 11.8 Å². The summed E-state index contributed by atoms with van der Waals surface area (Å²) in [6, 6.07) is 0. The second-order valence-electron chi connectivity index (χ2n) is 2.49. The highest BCUT2D eigenvalue weighted by Crippen LogP contribution is 2.41. The topological polar surface area (TPSA) is 0 Å². The van der Waals surface area contributed by atoms with Crippen molar-refractivity contribution in [2.24, 2.45) is 11.8 Å². The van der Waals surface area contributed by atoms with Gasteiger partial charge in [0, 0.05) is 1.37 Å². The van der Waals surface area contributed by atoms with Crippen molar-refractivity contribution in [3.8, 4) is 0 Å². The lowest BCUT2D eigenvalue weighted by molar-refractivity contribution is 0.235. The Kier molecular flexibility index (Phi) is 0.877. The lowest BCUT2D eigenvalue weighted by Crippen LogP contribution is -2.27. The Bertz CT molecular complexity index is 62.5. The molecule has 0 aromatic heterocycles. The third-order valence-corrected chi connectivity index (χ3v) is 1.82. The van der Waals surface area contributed by atoms with Crippen LogP contribution in [-0.4, -0.2) is 7.85 Å². The summed E-state index contributed by atoms with van der Waals surface area (Å²) in [5, 5.41) is 0. The number of rotatable bonds is 0. The molecule has 38 valence electrons. The molecular weight excluding hydrogens is 82.9 g/mol. The first-order chi connectivity index (χ1) is 3.64. The zero-order valence-corrected chi connectivity index (χ0v) is 4.89. The third-order valence-electron chi connectivity index (χ3n) is 1.82. The molecule has 1 rings (SSSR count). The maximum absolute atomic E-state index is 7.38. The van der Waals surface area contributed by atoms with E-state index >= 15 is 0 Å². The zero-order chi connectivity index (χ0) is 6.31. The highest BCUT2D eigenvalue weighted by Gasteiger charge is 2.29. The summed E-state index contributed by atoms with van der Waals surface area (Å²) in [5.41, 5.74) is 0. The minimum Gasteiger partial charge on any atom is -0.0723 e. The summed E-state index contributed by atoms with van der Waals surface area (Å²) in [6.07, 6.45) is 0.102. The monoisotopic (exact) mass is 95.1 g/mol. The molecule has 7 heavy (non-hydrogen) atoms. The SMILES string of the molecule is [2H]C1C(C)C([B])C1C. The maximum atomic E-state index is 7.38. The quantitative estimate of drug-likeness (QED) is 0.401. The Morgan fingerprint density at radius 1 is 1.57 bits per heavy atom. The fraction of sp³-hybridized carbons (Fsp3) is 1.00. The van der Waals surface area contributed by atoms with Crippen molar-refractivity contribution in [3.05, 3.63) is 0 Å². The first kappa shape index (κ1) is 4.00. The fourth-order valence-corrected chi connectivity index (χ4v) is 1.07.